The van der Waals surface area contributed by atoms with E-state index in [-0.39, 0.29) is 11.5 Å². The Hall–Kier alpha value is -3.44. The molecule has 1 aromatic rings. The lowest BCUT2D eigenvalue weighted by Crippen LogP contribution is -2.48. The normalized spacial score (nSPS) is 19.5. The summed E-state index contributed by atoms with van der Waals surface area (Å²) in [4.78, 5) is 17.6. The van der Waals surface area contributed by atoms with Crippen molar-refractivity contribution in [3.8, 4) is 0 Å². The standard InChI is InChI=1S/C16H15F3N6O3/c17-16(18,19)10-3-4-21-13(9-10)24-7-5-23(6-8-24)12-2-1-11(25(27)28)14(20)15(12)22-26/h1-4,9,20,26H,5-8H2/b20-14?,22-15-. The van der Waals surface area contributed by atoms with Gasteiger partial charge in [-0.2, -0.15) is 13.2 Å². The Morgan fingerprint density at radius 1 is 1.21 bits per heavy atom. The Labute approximate surface area is 156 Å². The van der Waals surface area contributed by atoms with Gasteiger partial charge in [0.25, 0.3) is 5.70 Å². The van der Waals surface area contributed by atoms with Crippen molar-refractivity contribution < 1.29 is 23.3 Å². The van der Waals surface area contributed by atoms with Crippen molar-refractivity contribution in [2.45, 2.75) is 6.18 Å². The summed E-state index contributed by atoms with van der Waals surface area (Å²) in [7, 11) is 0. The van der Waals surface area contributed by atoms with E-state index in [0.717, 1.165) is 24.4 Å². The minimum absolute atomic E-state index is 0.200. The van der Waals surface area contributed by atoms with Crippen LogP contribution < -0.4 is 4.90 Å². The van der Waals surface area contributed by atoms with Crippen LogP contribution in [0, 0.1) is 15.5 Å². The van der Waals surface area contributed by atoms with Crippen molar-refractivity contribution in [1.29, 1.82) is 5.41 Å². The van der Waals surface area contributed by atoms with E-state index in [4.69, 9.17) is 5.41 Å². The number of rotatable bonds is 3. The van der Waals surface area contributed by atoms with Crippen LogP contribution in [0.25, 0.3) is 0 Å². The highest BCUT2D eigenvalue weighted by atomic mass is 19.4. The van der Waals surface area contributed by atoms with Gasteiger partial charge in [0.15, 0.2) is 11.4 Å². The Morgan fingerprint density at radius 2 is 1.86 bits per heavy atom. The molecule has 148 valence electrons. The smallest absolute Gasteiger partial charge is 0.410 e. The lowest BCUT2D eigenvalue weighted by molar-refractivity contribution is -0.414. The molecule has 0 amide bonds. The summed E-state index contributed by atoms with van der Waals surface area (Å²) in [5, 5.41) is 31.0. The second-order valence-electron chi connectivity index (χ2n) is 6.06. The van der Waals surface area contributed by atoms with E-state index in [0.29, 0.717) is 31.9 Å². The molecule has 1 aliphatic carbocycles. The predicted octanol–water partition coefficient (Wildman–Crippen LogP) is 2.13. The highest BCUT2D eigenvalue weighted by molar-refractivity contribution is 6.52. The van der Waals surface area contributed by atoms with Gasteiger partial charge in [-0.1, -0.05) is 5.16 Å². The minimum Gasteiger partial charge on any atom is -0.410 e. The third-order valence-electron chi connectivity index (χ3n) is 4.45. The molecule has 28 heavy (non-hydrogen) atoms. The number of allylic oxidation sites excluding steroid dienone is 4. The zero-order chi connectivity index (χ0) is 20.5. The summed E-state index contributed by atoms with van der Waals surface area (Å²) in [6.07, 6.45) is -0.799. The van der Waals surface area contributed by atoms with Crippen molar-refractivity contribution >= 4 is 17.2 Å². The van der Waals surface area contributed by atoms with Crippen LogP contribution in [-0.4, -0.2) is 57.6 Å². The van der Waals surface area contributed by atoms with Crippen LogP contribution in [0.15, 0.2) is 47.0 Å². The molecule has 9 nitrogen and oxygen atoms in total. The van der Waals surface area contributed by atoms with Gasteiger partial charge in [0.1, 0.15) is 5.82 Å². The number of hydrogen-bond donors (Lipinski definition) is 2. The summed E-state index contributed by atoms with van der Waals surface area (Å²) < 4.78 is 38.6. The first-order valence-corrected chi connectivity index (χ1v) is 8.13. The molecule has 2 heterocycles. The fraction of sp³-hybridized carbons (Fsp3) is 0.312. The highest BCUT2D eigenvalue weighted by Crippen LogP contribution is 2.31. The molecule has 3 rings (SSSR count). The second-order valence-corrected chi connectivity index (χ2v) is 6.06. The second kappa shape index (κ2) is 7.29. The van der Waals surface area contributed by atoms with Crippen LogP contribution in [-0.2, 0) is 6.18 Å². The molecule has 1 aromatic heterocycles. The topological polar surface area (TPSA) is 119 Å². The van der Waals surface area contributed by atoms with Crippen molar-refractivity contribution in [2.75, 3.05) is 31.1 Å². The third-order valence-corrected chi connectivity index (χ3v) is 4.45. The summed E-state index contributed by atoms with van der Waals surface area (Å²) >= 11 is 0. The quantitative estimate of drug-likeness (QED) is 0.350. The first-order valence-electron chi connectivity index (χ1n) is 8.13. The van der Waals surface area contributed by atoms with Gasteiger partial charge in [-0.05, 0) is 18.2 Å². The molecule has 12 heteroatoms. The van der Waals surface area contributed by atoms with Gasteiger partial charge in [-0.15, -0.1) is 0 Å². The van der Waals surface area contributed by atoms with E-state index in [1.54, 1.807) is 9.80 Å². The number of alkyl halides is 3. The molecule has 0 unspecified atom stereocenters. The third kappa shape index (κ3) is 3.66. The Balaban J connectivity index is 1.75. The van der Waals surface area contributed by atoms with Crippen molar-refractivity contribution in [3.63, 3.8) is 0 Å². The molecule has 2 aliphatic rings. The monoisotopic (exact) mass is 396 g/mol. The first-order chi connectivity index (χ1) is 13.2. The van der Waals surface area contributed by atoms with Crippen LogP contribution in [0.1, 0.15) is 5.56 Å². The maximum Gasteiger partial charge on any atom is 0.416 e. The largest absolute Gasteiger partial charge is 0.416 e. The van der Waals surface area contributed by atoms with Gasteiger partial charge >= 0.3 is 6.18 Å². The number of aromatic nitrogens is 1. The van der Waals surface area contributed by atoms with E-state index < -0.39 is 28.1 Å². The van der Waals surface area contributed by atoms with Gasteiger partial charge in [0.05, 0.1) is 16.2 Å². The number of nitrogens with one attached hydrogen (secondary N) is 1. The summed E-state index contributed by atoms with van der Waals surface area (Å²) in [5.74, 6) is 0.200. The van der Waals surface area contributed by atoms with Gasteiger partial charge < -0.3 is 15.0 Å². The summed E-state index contributed by atoms with van der Waals surface area (Å²) in [5.41, 5.74) is -1.65. The van der Waals surface area contributed by atoms with Crippen molar-refractivity contribution in [2.24, 2.45) is 5.16 Å². The Kier molecular flexibility index (Phi) is 5.03. The zero-order valence-corrected chi connectivity index (χ0v) is 14.3. The molecule has 0 atom stereocenters. The Bertz CT molecular complexity index is 901. The van der Waals surface area contributed by atoms with Crippen LogP contribution in [0.5, 0.6) is 0 Å². The molecule has 0 aromatic carbocycles. The minimum atomic E-state index is -4.46. The number of piperazine rings is 1. The number of halogens is 3. The van der Waals surface area contributed by atoms with Gasteiger partial charge in [-0.3, -0.25) is 15.5 Å². The van der Waals surface area contributed by atoms with Crippen LogP contribution in [0.2, 0.25) is 0 Å². The molecule has 1 aliphatic heterocycles. The summed E-state index contributed by atoms with van der Waals surface area (Å²) in [6.45, 7) is 1.36. The van der Waals surface area contributed by atoms with Crippen molar-refractivity contribution in [1.82, 2.24) is 9.88 Å². The molecule has 1 fully saturated rings. The Morgan fingerprint density at radius 3 is 2.43 bits per heavy atom. The molecular formula is C16H15F3N6O3. The van der Waals surface area contributed by atoms with Crippen LogP contribution in [0.3, 0.4) is 0 Å². The SMILES string of the molecule is N=C1C([N+](=O)[O-])=CC=C(N2CCN(c3cc(C(F)(F)F)ccn3)CC2)/C1=N/O. The maximum absolute atomic E-state index is 12.9. The number of nitro groups is 1. The van der Waals surface area contributed by atoms with E-state index in [1.807, 2.05) is 0 Å². The summed E-state index contributed by atoms with van der Waals surface area (Å²) in [6, 6.07) is 1.89. The van der Waals surface area contributed by atoms with Gasteiger partial charge in [0, 0.05) is 38.5 Å². The predicted molar refractivity (Wildman–Crippen MR) is 93.1 cm³/mol. The van der Waals surface area contributed by atoms with E-state index >= 15 is 0 Å². The molecule has 0 saturated carbocycles. The lowest BCUT2D eigenvalue weighted by atomic mass is 10.0. The van der Waals surface area contributed by atoms with E-state index in [2.05, 4.69) is 10.1 Å². The van der Waals surface area contributed by atoms with Gasteiger partial charge in [-0.25, -0.2) is 4.98 Å². The van der Waals surface area contributed by atoms with Crippen LogP contribution in [0.4, 0.5) is 19.0 Å². The number of nitrogens with zero attached hydrogens (tertiary/aromatic N) is 5. The molecular weight excluding hydrogens is 381 g/mol. The fourth-order valence-corrected chi connectivity index (χ4v) is 3.02. The average molecular weight is 396 g/mol. The maximum atomic E-state index is 12.9. The number of hydrogen-bond acceptors (Lipinski definition) is 8. The molecule has 0 bridgehead atoms. The molecule has 0 radical (unpaired) electrons. The van der Waals surface area contributed by atoms with E-state index in [1.165, 1.54) is 6.08 Å². The van der Waals surface area contributed by atoms with E-state index in [9.17, 15) is 28.5 Å². The zero-order valence-electron chi connectivity index (χ0n) is 14.3. The van der Waals surface area contributed by atoms with Crippen molar-refractivity contribution in [3.05, 3.63) is 57.6 Å². The highest BCUT2D eigenvalue weighted by Gasteiger charge is 2.34. The number of pyridine rings is 1. The molecule has 2 N–H and O–H groups in total. The average Bonchev–Trinajstić information content (AvgIpc) is 2.67. The van der Waals surface area contributed by atoms with Gasteiger partial charge in [0.2, 0.25) is 0 Å². The fourth-order valence-electron chi connectivity index (χ4n) is 3.02. The number of oxime groups is 1. The molecule has 1 saturated heterocycles. The molecule has 0 spiro atoms. The lowest BCUT2D eigenvalue weighted by Gasteiger charge is -2.38. The van der Waals surface area contributed by atoms with Crippen LogP contribution >= 0.6 is 0 Å². The first kappa shape index (κ1) is 19.3. The number of anilines is 1.